The number of anilines is 2. The Kier molecular flexibility index (Phi) is 5.00. The average Bonchev–Trinajstić information content (AvgIpc) is 3.18. The third-order valence-electron chi connectivity index (χ3n) is 6.97. The highest BCUT2D eigenvalue weighted by molar-refractivity contribution is 7.93. The standard InChI is InChI=1S/C20H23ClFN3O3S2/c21-14-5-17(30(27,28)25-19-23-1-2-29-19)15(22)6-16(14)24-10-20-7-11-3-12(8-20)18(26)13(4-11)9-20/h1-2,5-6,11-13,18,24,26H,3-4,7-10H2,(H,23,25). The molecule has 10 heteroatoms. The van der Waals surface area contributed by atoms with Gasteiger partial charge in [0.25, 0.3) is 10.0 Å². The zero-order chi connectivity index (χ0) is 21.1. The first-order valence-corrected chi connectivity index (χ1v) is 12.8. The van der Waals surface area contributed by atoms with Gasteiger partial charge in [-0.2, -0.15) is 0 Å². The molecule has 4 bridgehead atoms. The first-order chi connectivity index (χ1) is 14.2. The van der Waals surface area contributed by atoms with E-state index in [-0.39, 0.29) is 21.7 Å². The molecular formula is C20H23ClFN3O3S2. The number of hydrogen-bond donors (Lipinski definition) is 3. The molecule has 2 aromatic rings. The molecule has 3 N–H and O–H groups in total. The zero-order valence-corrected chi connectivity index (χ0v) is 18.5. The topological polar surface area (TPSA) is 91.3 Å². The fourth-order valence-corrected chi connectivity index (χ4v) is 8.15. The van der Waals surface area contributed by atoms with Crippen molar-refractivity contribution in [3.05, 3.63) is 34.5 Å². The Morgan fingerprint density at radius 3 is 2.67 bits per heavy atom. The smallest absolute Gasteiger partial charge is 0.266 e. The van der Waals surface area contributed by atoms with Crippen molar-refractivity contribution >= 4 is 43.8 Å². The molecule has 0 radical (unpaired) electrons. The molecule has 6 rings (SSSR count). The Hall–Kier alpha value is -1.42. The maximum atomic E-state index is 14.7. The van der Waals surface area contributed by atoms with Gasteiger partial charge >= 0.3 is 0 Å². The van der Waals surface area contributed by atoms with Gasteiger partial charge in [-0.25, -0.2) is 17.8 Å². The van der Waals surface area contributed by atoms with Crippen molar-refractivity contribution in [3.8, 4) is 0 Å². The van der Waals surface area contributed by atoms with Crippen LogP contribution < -0.4 is 10.0 Å². The van der Waals surface area contributed by atoms with E-state index in [1.54, 1.807) is 5.38 Å². The summed E-state index contributed by atoms with van der Waals surface area (Å²) in [6.07, 6.45) is 6.54. The van der Waals surface area contributed by atoms with Gasteiger partial charge in [0.1, 0.15) is 10.7 Å². The van der Waals surface area contributed by atoms with Crippen molar-refractivity contribution in [1.29, 1.82) is 0 Å². The van der Waals surface area contributed by atoms with E-state index >= 15 is 0 Å². The molecule has 0 spiro atoms. The zero-order valence-electron chi connectivity index (χ0n) is 16.1. The van der Waals surface area contributed by atoms with Crippen molar-refractivity contribution in [1.82, 2.24) is 4.98 Å². The Bertz CT molecular complexity index is 1050. The van der Waals surface area contributed by atoms with Gasteiger partial charge < -0.3 is 10.4 Å². The summed E-state index contributed by atoms with van der Waals surface area (Å²) >= 11 is 7.43. The largest absolute Gasteiger partial charge is 0.393 e. The number of nitrogens with zero attached hydrogens (tertiary/aromatic N) is 1. The summed E-state index contributed by atoms with van der Waals surface area (Å²) in [5.41, 5.74) is 0.478. The molecular weight excluding hydrogens is 449 g/mol. The van der Waals surface area contributed by atoms with Crippen LogP contribution in [0.15, 0.2) is 28.6 Å². The molecule has 4 saturated carbocycles. The van der Waals surface area contributed by atoms with Crippen LogP contribution in [0.25, 0.3) is 0 Å². The van der Waals surface area contributed by atoms with Crippen LogP contribution in [0.2, 0.25) is 5.02 Å². The number of aromatic nitrogens is 1. The monoisotopic (exact) mass is 471 g/mol. The number of nitrogens with one attached hydrogen (secondary N) is 2. The molecule has 0 aliphatic heterocycles. The minimum Gasteiger partial charge on any atom is -0.393 e. The lowest BCUT2D eigenvalue weighted by atomic mass is 9.48. The lowest BCUT2D eigenvalue weighted by Gasteiger charge is -2.59. The fraction of sp³-hybridized carbons (Fsp3) is 0.550. The van der Waals surface area contributed by atoms with E-state index in [2.05, 4.69) is 15.0 Å². The van der Waals surface area contributed by atoms with E-state index < -0.39 is 20.7 Å². The van der Waals surface area contributed by atoms with Crippen LogP contribution in [0, 0.1) is 29.0 Å². The summed E-state index contributed by atoms with van der Waals surface area (Å²) in [7, 11) is -4.13. The van der Waals surface area contributed by atoms with Crippen molar-refractivity contribution < 1.29 is 17.9 Å². The third-order valence-corrected chi connectivity index (χ3v) is 9.45. The maximum absolute atomic E-state index is 14.7. The van der Waals surface area contributed by atoms with Crippen LogP contribution in [-0.4, -0.2) is 31.2 Å². The summed E-state index contributed by atoms with van der Waals surface area (Å²) in [4.78, 5) is 3.36. The number of halogens is 2. The molecule has 4 aliphatic rings. The van der Waals surface area contributed by atoms with Gasteiger partial charge in [0.15, 0.2) is 5.13 Å². The molecule has 0 saturated heterocycles. The second kappa shape index (κ2) is 7.32. The highest BCUT2D eigenvalue weighted by atomic mass is 35.5. The number of rotatable bonds is 6. The number of sulfonamides is 1. The molecule has 1 aromatic heterocycles. The number of thiazole rings is 1. The van der Waals surface area contributed by atoms with E-state index in [0.29, 0.717) is 30.0 Å². The highest BCUT2D eigenvalue weighted by Gasteiger charge is 2.54. The van der Waals surface area contributed by atoms with Gasteiger partial charge in [0, 0.05) is 18.1 Å². The summed E-state index contributed by atoms with van der Waals surface area (Å²) in [6, 6.07) is 2.28. The Morgan fingerprint density at radius 1 is 1.27 bits per heavy atom. The predicted molar refractivity (Wildman–Crippen MR) is 115 cm³/mol. The summed E-state index contributed by atoms with van der Waals surface area (Å²) < 4.78 is 42.0. The van der Waals surface area contributed by atoms with Gasteiger partial charge in [-0.15, -0.1) is 11.3 Å². The SMILES string of the molecule is O=S(=O)(Nc1nccs1)c1cc(Cl)c(NCC23CC4CC(C2)C(O)C(C4)C3)cc1F. The molecule has 4 fully saturated rings. The molecule has 162 valence electrons. The van der Waals surface area contributed by atoms with Gasteiger partial charge in [0.05, 0.1) is 16.8 Å². The average molecular weight is 472 g/mol. The summed E-state index contributed by atoms with van der Waals surface area (Å²) in [6.45, 7) is 0.645. The fourth-order valence-electron chi connectivity index (χ4n) is 5.98. The summed E-state index contributed by atoms with van der Waals surface area (Å²) in [5, 5.41) is 15.7. The number of aliphatic hydroxyl groups is 1. The van der Waals surface area contributed by atoms with E-state index in [0.717, 1.165) is 55.6 Å². The van der Waals surface area contributed by atoms with Gasteiger partial charge in [-0.05, 0) is 67.4 Å². The van der Waals surface area contributed by atoms with E-state index in [9.17, 15) is 17.9 Å². The molecule has 2 unspecified atom stereocenters. The Morgan fingerprint density at radius 2 is 2.00 bits per heavy atom. The molecule has 1 aromatic carbocycles. The first kappa shape index (κ1) is 20.5. The molecule has 30 heavy (non-hydrogen) atoms. The second-order valence-electron chi connectivity index (χ2n) is 9.02. The number of aliphatic hydroxyl groups excluding tert-OH is 1. The maximum Gasteiger partial charge on any atom is 0.266 e. The van der Waals surface area contributed by atoms with Gasteiger partial charge in [0.2, 0.25) is 0 Å². The number of hydrogen-bond acceptors (Lipinski definition) is 6. The number of benzene rings is 1. The Balaban J connectivity index is 1.33. The molecule has 2 atom stereocenters. The van der Waals surface area contributed by atoms with Crippen LogP contribution in [-0.2, 0) is 10.0 Å². The van der Waals surface area contributed by atoms with Crippen molar-refractivity contribution in [3.63, 3.8) is 0 Å². The third kappa shape index (κ3) is 3.59. The lowest BCUT2D eigenvalue weighted by Crippen LogP contribution is -2.55. The van der Waals surface area contributed by atoms with Crippen molar-refractivity contribution in [2.24, 2.45) is 23.2 Å². The minimum absolute atomic E-state index is 0.0900. The quantitative estimate of drug-likeness (QED) is 0.583. The lowest BCUT2D eigenvalue weighted by molar-refractivity contribution is -0.129. The summed E-state index contributed by atoms with van der Waals surface area (Å²) in [5.74, 6) is 0.501. The van der Waals surface area contributed by atoms with E-state index in [4.69, 9.17) is 11.6 Å². The van der Waals surface area contributed by atoms with Crippen LogP contribution in [0.4, 0.5) is 15.2 Å². The van der Waals surface area contributed by atoms with E-state index in [1.165, 1.54) is 6.20 Å². The van der Waals surface area contributed by atoms with Crippen molar-refractivity contribution in [2.45, 2.75) is 43.1 Å². The Labute approximate surface area is 183 Å². The van der Waals surface area contributed by atoms with Gasteiger partial charge in [-0.1, -0.05) is 11.6 Å². The van der Waals surface area contributed by atoms with Crippen LogP contribution >= 0.6 is 22.9 Å². The molecule has 6 nitrogen and oxygen atoms in total. The van der Waals surface area contributed by atoms with E-state index in [1.807, 2.05) is 0 Å². The van der Waals surface area contributed by atoms with Crippen molar-refractivity contribution in [2.75, 3.05) is 16.6 Å². The highest BCUT2D eigenvalue weighted by Crippen LogP contribution is 2.60. The van der Waals surface area contributed by atoms with Crippen LogP contribution in [0.5, 0.6) is 0 Å². The molecule has 0 amide bonds. The van der Waals surface area contributed by atoms with Crippen LogP contribution in [0.1, 0.15) is 32.1 Å². The molecule has 1 heterocycles. The minimum atomic E-state index is -4.13. The first-order valence-electron chi connectivity index (χ1n) is 10.1. The molecule has 4 aliphatic carbocycles. The van der Waals surface area contributed by atoms with Crippen LogP contribution in [0.3, 0.4) is 0 Å². The second-order valence-corrected chi connectivity index (χ2v) is 12.0. The van der Waals surface area contributed by atoms with Gasteiger partial charge in [-0.3, -0.25) is 4.72 Å². The normalized spacial score (nSPS) is 32.4. The predicted octanol–water partition coefficient (Wildman–Crippen LogP) is 4.34.